The maximum Gasteiger partial charge on any atom is 0.175 e. The van der Waals surface area contributed by atoms with Crippen LogP contribution in [0.4, 0.5) is 11.5 Å². The van der Waals surface area contributed by atoms with E-state index in [-0.39, 0.29) is 0 Å². The third-order valence-electron chi connectivity index (χ3n) is 2.81. The Morgan fingerprint density at radius 2 is 1.61 bits per heavy atom. The SMILES string of the molecule is CCCCCNc1cnnnc1NCCCCC. The highest BCUT2D eigenvalue weighted by molar-refractivity contribution is 5.61. The van der Waals surface area contributed by atoms with E-state index in [1.807, 2.05) is 0 Å². The van der Waals surface area contributed by atoms with E-state index in [9.17, 15) is 0 Å². The first-order valence-electron chi connectivity index (χ1n) is 7.04. The fourth-order valence-corrected chi connectivity index (χ4v) is 1.71. The Labute approximate surface area is 110 Å². The minimum Gasteiger partial charge on any atom is -0.381 e. The predicted octanol–water partition coefficient (Wildman–Crippen LogP) is 3.08. The maximum absolute atomic E-state index is 4.04. The topological polar surface area (TPSA) is 62.7 Å². The van der Waals surface area contributed by atoms with Crippen LogP contribution in [0, 0.1) is 0 Å². The Balaban J connectivity index is 2.36. The second kappa shape index (κ2) is 9.62. The molecule has 0 aliphatic carbocycles. The van der Waals surface area contributed by atoms with E-state index < -0.39 is 0 Å². The second-order valence-electron chi connectivity index (χ2n) is 4.46. The molecule has 5 heteroatoms. The van der Waals surface area contributed by atoms with E-state index in [2.05, 4.69) is 39.9 Å². The van der Waals surface area contributed by atoms with E-state index in [1.54, 1.807) is 6.20 Å². The fraction of sp³-hybridized carbons (Fsp3) is 0.769. The zero-order valence-corrected chi connectivity index (χ0v) is 11.6. The lowest BCUT2D eigenvalue weighted by molar-refractivity contribution is 0.735. The van der Waals surface area contributed by atoms with Gasteiger partial charge < -0.3 is 10.6 Å². The molecular formula is C13H25N5. The van der Waals surface area contributed by atoms with Crippen molar-refractivity contribution in [2.24, 2.45) is 0 Å². The van der Waals surface area contributed by atoms with Gasteiger partial charge in [-0.3, -0.25) is 0 Å². The van der Waals surface area contributed by atoms with Crippen LogP contribution in [0.15, 0.2) is 6.20 Å². The van der Waals surface area contributed by atoms with E-state index in [1.165, 1.54) is 32.1 Å². The van der Waals surface area contributed by atoms with E-state index in [0.29, 0.717) is 0 Å². The number of unbranched alkanes of at least 4 members (excludes halogenated alkanes) is 4. The Morgan fingerprint density at radius 3 is 2.28 bits per heavy atom. The van der Waals surface area contributed by atoms with E-state index >= 15 is 0 Å². The summed E-state index contributed by atoms with van der Waals surface area (Å²) in [6.07, 6.45) is 9.02. The standard InChI is InChI=1S/C13H25N5/c1-3-5-7-9-14-12-11-16-18-17-13(12)15-10-8-6-4-2/h11H,3-10H2,1-2H3,(H,14,18)(H,15,16,17). The summed E-state index contributed by atoms with van der Waals surface area (Å²) in [5.74, 6) is 0.817. The molecule has 0 aliphatic rings. The number of nitrogens with one attached hydrogen (secondary N) is 2. The lowest BCUT2D eigenvalue weighted by Crippen LogP contribution is -2.10. The highest BCUT2D eigenvalue weighted by Gasteiger charge is 2.03. The average molecular weight is 251 g/mol. The smallest absolute Gasteiger partial charge is 0.175 e. The van der Waals surface area contributed by atoms with Crippen LogP contribution in [0.2, 0.25) is 0 Å². The molecule has 0 spiro atoms. The molecule has 0 aliphatic heterocycles. The normalized spacial score (nSPS) is 10.3. The van der Waals surface area contributed by atoms with Gasteiger partial charge in [-0.1, -0.05) is 39.5 Å². The number of rotatable bonds is 10. The van der Waals surface area contributed by atoms with Gasteiger partial charge in [0.1, 0.15) is 0 Å². The van der Waals surface area contributed by atoms with Crippen molar-refractivity contribution in [3.63, 3.8) is 0 Å². The monoisotopic (exact) mass is 251 g/mol. The molecule has 0 bridgehead atoms. The molecule has 0 saturated carbocycles. The summed E-state index contributed by atoms with van der Waals surface area (Å²) in [6, 6.07) is 0. The molecular weight excluding hydrogens is 226 g/mol. The van der Waals surface area contributed by atoms with Crippen molar-refractivity contribution in [1.29, 1.82) is 0 Å². The number of nitrogens with zero attached hydrogens (tertiary/aromatic N) is 3. The molecule has 102 valence electrons. The molecule has 0 amide bonds. The van der Waals surface area contributed by atoms with Crippen LogP contribution in [-0.2, 0) is 0 Å². The summed E-state index contributed by atoms with van der Waals surface area (Å²) < 4.78 is 0. The first-order valence-corrected chi connectivity index (χ1v) is 7.04. The molecule has 0 fully saturated rings. The second-order valence-corrected chi connectivity index (χ2v) is 4.46. The number of aromatic nitrogens is 3. The Morgan fingerprint density at radius 1 is 0.944 bits per heavy atom. The largest absolute Gasteiger partial charge is 0.381 e. The molecule has 1 heterocycles. The average Bonchev–Trinajstić information content (AvgIpc) is 2.41. The van der Waals surface area contributed by atoms with Gasteiger partial charge in [-0.2, -0.15) is 0 Å². The van der Waals surface area contributed by atoms with Gasteiger partial charge in [0, 0.05) is 13.1 Å². The Hall–Kier alpha value is -1.39. The minimum atomic E-state index is 0.817. The zero-order chi connectivity index (χ0) is 13.1. The molecule has 0 unspecified atom stereocenters. The zero-order valence-electron chi connectivity index (χ0n) is 11.6. The predicted molar refractivity (Wildman–Crippen MR) is 75.9 cm³/mol. The minimum absolute atomic E-state index is 0.817. The quantitative estimate of drug-likeness (QED) is 0.626. The molecule has 0 atom stereocenters. The van der Waals surface area contributed by atoms with Gasteiger partial charge in [-0.15, -0.1) is 10.2 Å². The molecule has 5 nitrogen and oxygen atoms in total. The van der Waals surface area contributed by atoms with Crippen molar-refractivity contribution in [3.05, 3.63) is 6.20 Å². The van der Waals surface area contributed by atoms with Crippen LogP contribution in [0.1, 0.15) is 52.4 Å². The lowest BCUT2D eigenvalue weighted by Gasteiger charge is -2.10. The van der Waals surface area contributed by atoms with Gasteiger partial charge in [0.2, 0.25) is 0 Å². The molecule has 1 aromatic heterocycles. The summed E-state index contributed by atoms with van der Waals surface area (Å²) in [4.78, 5) is 0. The van der Waals surface area contributed by atoms with Gasteiger partial charge in [0.15, 0.2) is 5.82 Å². The van der Waals surface area contributed by atoms with Crippen LogP contribution >= 0.6 is 0 Å². The van der Waals surface area contributed by atoms with Crippen molar-refractivity contribution in [3.8, 4) is 0 Å². The van der Waals surface area contributed by atoms with Crippen LogP contribution < -0.4 is 10.6 Å². The molecule has 2 N–H and O–H groups in total. The summed E-state index contributed by atoms with van der Waals surface area (Å²) >= 11 is 0. The van der Waals surface area contributed by atoms with Crippen molar-refractivity contribution < 1.29 is 0 Å². The van der Waals surface area contributed by atoms with E-state index in [0.717, 1.165) is 31.0 Å². The van der Waals surface area contributed by atoms with Crippen LogP contribution in [0.3, 0.4) is 0 Å². The summed E-state index contributed by atoms with van der Waals surface area (Å²) in [7, 11) is 0. The molecule has 0 saturated heterocycles. The van der Waals surface area contributed by atoms with Gasteiger partial charge in [-0.05, 0) is 18.1 Å². The molecule has 0 radical (unpaired) electrons. The fourth-order valence-electron chi connectivity index (χ4n) is 1.71. The lowest BCUT2D eigenvalue weighted by atomic mass is 10.2. The van der Waals surface area contributed by atoms with Crippen LogP contribution in [0.5, 0.6) is 0 Å². The molecule has 18 heavy (non-hydrogen) atoms. The first kappa shape index (κ1) is 14.7. The van der Waals surface area contributed by atoms with Crippen molar-refractivity contribution in [2.75, 3.05) is 23.7 Å². The Kier molecular flexibility index (Phi) is 7.84. The number of hydrogen-bond donors (Lipinski definition) is 2. The Bertz CT molecular complexity index is 285. The third-order valence-corrected chi connectivity index (χ3v) is 2.81. The van der Waals surface area contributed by atoms with Gasteiger partial charge in [-0.25, -0.2) is 0 Å². The molecule has 1 aromatic rings. The van der Waals surface area contributed by atoms with Gasteiger partial charge in [0.05, 0.1) is 11.9 Å². The van der Waals surface area contributed by atoms with E-state index in [4.69, 9.17) is 0 Å². The summed E-state index contributed by atoms with van der Waals surface area (Å²) in [5.41, 5.74) is 0.956. The molecule has 0 aromatic carbocycles. The molecule has 1 rings (SSSR count). The number of anilines is 2. The maximum atomic E-state index is 4.04. The van der Waals surface area contributed by atoms with Crippen LogP contribution in [0.25, 0.3) is 0 Å². The third kappa shape index (κ3) is 5.80. The van der Waals surface area contributed by atoms with Gasteiger partial charge in [0.25, 0.3) is 0 Å². The van der Waals surface area contributed by atoms with Crippen molar-refractivity contribution >= 4 is 11.5 Å². The van der Waals surface area contributed by atoms with Crippen molar-refractivity contribution in [2.45, 2.75) is 52.4 Å². The highest BCUT2D eigenvalue weighted by atomic mass is 15.3. The summed E-state index contributed by atoms with van der Waals surface area (Å²) in [5, 5.41) is 18.2. The first-order chi connectivity index (χ1) is 8.88. The van der Waals surface area contributed by atoms with Crippen LogP contribution in [-0.4, -0.2) is 28.5 Å². The number of hydrogen-bond acceptors (Lipinski definition) is 5. The highest BCUT2D eigenvalue weighted by Crippen LogP contribution is 2.15. The van der Waals surface area contributed by atoms with Crippen molar-refractivity contribution in [1.82, 2.24) is 15.4 Å². The van der Waals surface area contributed by atoms with Gasteiger partial charge >= 0.3 is 0 Å². The summed E-state index contributed by atoms with van der Waals surface area (Å²) in [6.45, 7) is 6.31.